The van der Waals surface area contributed by atoms with E-state index in [0.29, 0.717) is 22.0 Å². The molecule has 2 heterocycles. The van der Waals surface area contributed by atoms with E-state index in [1.165, 1.54) is 10.1 Å². The second-order valence-electron chi connectivity index (χ2n) is 6.31. The summed E-state index contributed by atoms with van der Waals surface area (Å²) in [6.45, 7) is 0. The lowest BCUT2D eigenvalue weighted by Crippen LogP contribution is -2.00. The Hall–Kier alpha value is -3.24. The quantitative estimate of drug-likeness (QED) is 0.420. The smallest absolute Gasteiger partial charge is 0.195 e. The fourth-order valence-corrected chi connectivity index (χ4v) is 4.34. The average Bonchev–Trinajstić information content (AvgIpc) is 3.05. The van der Waals surface area contributed by atoms with Crippen LogP contribution >= 0.6 is 11.3 Å². The molecule has 2 aromatic heterocycles. The molecule has 0 bridgehead atoms. The Morgan fingerprint density at radius 1 is 0.885 bits per heavy atom. The van der Waals surface area contributed by atoms with Crippen LogP contribution in [0, 0.1) is 0 Å². The molecule has 0 saturated heterocycles. The molecule has 5 rings (SSSR count). The van der Waals surface area contributed by atoms with Crippen molar-refractivity contribution in [1.29, 1.82) is 0 Å². The second kappa shape index (κ2) is 5.64. The summed E-state index contributed by atoms with van der Waals surface area (Å²) in [5.41, 5.74) is 9.19. The maximum atomic E-state index is 13.1. The molecule has 4 heteroatoms. The third kappa shape index (κ3) is 2.27. The Morgan fingerprint density at radius 3 is 2.65 bits per heavy atom. The first-order valence-electron chi connectivity index (χ1n) is 8.30. The molecule has 3 nitrogen and oxygen atoms in total. The molecule has 26 heavy (non-hydrogen) atoms. The average molecular weight is 354 g/mol. The third-order valence-corrected chi connectivity index (χ3v) is 5.66. The minimum Gasteiger partial charge on any atom is -0.399 e. The van der Waals surface area contributed by atoms with Crippen LogP contribution in [0.25, 0.3) is 42.9 Å². The van der Waals surface area contributed by atoms with Crippen LogP contribution in [0.4, 0.5) is 5.69 Å². The van der Waals surface area contributed by atoms with E-state index in [-0.39, 0.29) is 5.43 Å². The summed E-state index contributed by atoms with van der Waals surface area (Å²) in [6, 6.07) is 19.5. The summed E-state index contributed by atoms with van der Waals surface area (Å²) in [7, 11) is 0. The minimum absolute atomic E-state index is 0.0406. The fourth-order valence-electron chi connectivity index (χ4n) is 3.37. The number of benzene rings is 2. The van der Waals surface area contributed by atoms with Crippen molar-refractivity contribution in [3.63, 3.8) is 0 Å². The van der Waals surface area contributed by atoms with E-state index in [1.807, 2.05) is 48.7 Å². The van der Waals surface area contributed by atoms with Gasteiger partial charge in [-0.1, -0.05) is 30.3 Å². The lowest BCUT2D eigenvalue weighted by atomic mass is 10.0. The first-order chi connectivity index (χ1) is 12.7. The molecule has 3 aromatic carbocycles. The van der Waals surface area contributed by atoms with Gasteiger partial charge in [0.25, 0.3) is 0 Å². The number of fused-ring (bicyclic) bond motifs is 3. The van der Waals surface area contributed by atoms with Gasteiger partial charge in [0, 0.05) is 43.9 Å². The van der Waals surface area contributed by atoms with Crippen LogP contribution < -0.4 is 11.2 Å². The Morgan fingerprint density at radius 2 is 1.73 bits per heavy atom. The SMILES string of the molecule is Nc1ccc2ccc3ncc(-c4csc5ccccc45)cc3c(=O)c2c1. The highest BCUT2D eigenvalue weighted by Gasteiger charge is 2.10. The number of nitrogen functional groups attached to an aromatic ring is 1. The molecule has 0 radical (unpaired) electrons. The highest BCUT2D eigenvalue weighted by molar-refractivity contribution is 7.17. The molecule has 5 aromatic rings. The lowest BCUT2D eigenvalue weighted by molar-refractivity contribution is 1.42. The van der Waals surface area contributed by atoms with Crippen molar-refractivity contribution >= 4 is 48.8 Å². The highest BCUT2D eigenvalue weighted by Crippen LogP contribution is 2.34. The number of aromatic nitrogens is 1. The number of anilines is 1. The van der Waals surface area contributed by atoms with E-state index < -0.39 is 0 Å². The third-order valence-electron chi connectivity index (χ3n) is 4.70. The van der Waals surface area contributed by atoms with E-state index in [9.17, 15) is 4.79 Å². The standard InChI is InChI=1S/C22H14N2OS/c23-15-7-5-13-6-8-20-18(22(25)17(13)10-15)9-14(11-24-20)19-12-26-21-4-2-1-3-16(19)21/h1-12H,23H2. The summed E-state index contributed by atoms with van der Waals surface area (Å²) in [5, 5.41) is 5.40. The van der Waals surface area contributed by atoms with Gasteiger partial charge < -0.3 is 5.73 Å². The molecule has 124 valence electrons. The normalized spacial score (nSPS) is 11.4. The summed E-state index contributed by atoms with van der Waals surface area (Å²) in [4.78, 5) is 17.7. The van der Waals surface area contributed by atoms with Crippen molar-refractivity contribution in [1.82, 2.24) is 4.98 Å². The van der Waals surface area contributed by atoms with Gasteiger partial charge in [-0.15, -0.1) is 11.3 Å². The maximum Gasteiger partial charge on any atom is 0.195 e. The van der Waals surface area contributed by atoms with E-state index in [2.05, 4.69) is 22.5 Å². The van der Waals surface area contributed by atoms with Crippen molar-refractivity contribution in [3.8, 4) is 11.1 Å². The van der Waals surface area contributed by atoms with E-state index in [1.54, 1.807) is 17.4 Å². The van der Waals surface area contributed by atoms with Gasteiger partial charge in [0.1, 0.15) is 0 Å². The molecule has 0 saturated carbocycles. The van der Waals surface area contributed by atoms with E-state index in [4.69, 9.17) is 5.73 Å². The molecular weight excluding hydrogens is 340 g/mol. The fraction of sp³-hybridized carbons (Fsp3) is 0. The molecule has 0 atom stereocenters. The number of hydrogen-bond acceptors (Lipinski definition) is 4. The zero-order chi connectivity index (χ0) is 17.7. The van der Waals surface area contributed by atoms with Crippen LogP contribution in [-0.2, 0) is 0 Å². The van der Waals surface area contributed by atoms with E-state index >= 15 is 0 Å². The lowest BCUT2D eigenvalue weighted by Gasteiger charge is -2.01. The monoisotopic (exact) mass is 354 g/mol. The van der Waals surface area contributed by atoms with E-state index in [0.717, 1.165) is 16.5 Å². The van der Waals surface area contributed by atoms with Crippen molar-refractivity contribution < 1.29 is 0 Å². The van der Waals surface area contributed by atoms with Crippen molar-refractivity contribution in [3.05, 3.63) is 82.5 Å². The molecule has 0 spiro atoms. The number of nitrogens with two attached hydrogens (primary N) is 1. The summed E-state index contributed by atoms with van der Waals surface area (Å²) in [5.74, 6) is 0. The Balaban J connectivity index is 1.86. The number of hydrogen-bond donors (Lipinski definition) is 1. The molecule has 0 amide bonds. The van der Waals surface area contributed by atoms with Crippen LogP contribution in [-0.4, -0.2) is 4.98 Å². The molecular formula is C22H14N2OS. The molecule has 0 unspecified atom stereocenters. The van der Waals surface area contributed by atoms with Crippen molar-refractivity contribution in [2.45, 2.75) is 0 Å². The number of nitrogens with zero attached hydrogens (tertiary/aromatic N) is 1. The molecule has 0 fully saturated rings. The molecule has 0 aliphatic heterocycles. The topological polar surface area (TPSA) is 56.0 Å². The number of thiophene rings is 1. The summed E-state index contributed by atoms with van der Waals surface area (Å²) < 4.78 is 1.22. The maximum absolute atomic E-state index is 13.1. The Kier molecular flexibility index (Phi) is 3.27. The Labute approximate surface area is 153 Å². The predicted octanol–water partition coefficient (Wildman–Crippen LogP) is 5.21. The predicted molar refractivity (Wildman–Crippen MR) is 111 cm³/mol. The van der Waals surface area contributed by atoms with Gasteiger partial charge in [-0.25, -0.2) is 0 Å². The first kappa shape index (κ1) is 15.0. The van der Waals surface area contributed by atoms with Gasteiger partial charge in [0.15, 0.2) is 5.43 Å². The zero-order valence-corrected chi connectivity index (χ0v) is 14.6. The Bertz CT molecular complexity index is 1370. The number of pyridine rings is 1. The van der Waals surface area contributed by atoms with Crippen LogP contribution in [0.2, 0.25) is 0 Å². The molecule has 0 aliphatic carbocycles. The highest BCUT2D eigenvalue weighted by atomic mass is 32.1. The minimum atomic E-state index is -0.0406. The van der Waals surface area contributed by atoms with Gasteiger partial charge in [0.2, 0.25) is 0 Å². The molecule has 0 aliphatic rings. The van der Waals surface area contributed by atoms with Crippen LogP contribution in [0.15, 0.2) is 77.0 Å². The zero-order valence-electron chi connectivity index (χ0n) is 13.8. The summed E-state index contributed by atoms with van der Waals surface area (Å²) >= 11 is 1.70. The van der Waals surface area contributed by atoms with Gasteiger partial charge in [-0.3, -0.25) is 9.78 Å². The van der Waals surface area contributed by atoms with Crippen molar-refractivity contribution in [2.75, 3.05) is 5.73 Å². The summed E-state index contributed by atoms with van der Waals surface area (Å²) in [6.07, 6.45) is 1.84. The van der Waals surface area contributed by atoms with Crippen molar-refractivity contribution in [2.24, 2.45) is 0 Å². The van der Waals surface area contributed by atoms with Gasteiger partial charge in [0.05, 0.1) is 5.52 Å². The van der Waals surface area contributed by atoms with Gasteiger partial charge in [-0.2, -0.15) is 0 Å². The first-order valence-corrected chi connectivity index (χ1v) is 9.17. The van der Waals surface area contributed by atoms with Crippen LogP contribution in [0.5, 0.6) is 0 Å². The number of rotatable bonds is 1. The molecule has 2 N–H and O–H groups in total. The van der Waals surface area contributed by atoms with Crippen LogP contribution in [0.3, 0.4) is 0 Å². The van der Waals surface area contributed by atoms with Gasteiger partial charge in [-0.05, 0) is 41.1 Å². The second-order valence-corrected chi connectivity index (χ2v) is 7.22. The largest absolute Gasteiger partial charge is 0.399 e. The van der Waals surface area contributed by atoms with Gasteiger partial charge >= 0.3 is 0 Å². The van der Waals surface area contributed by atoms with Crippen LogP contribution in [0.1, 0.15) is 0 Å².